The van der Waals surface area contributed by atoms with E-state index in [1.807, 2.05) is 0 Å². The molecule has 0 saturated carbocycles. The number of nitrogens with zero attached hydrogens (tertiary/aromatic N) is 3. The first kappa shape index (κ1) is 12.7. The van der Waals surface area contributed by atoms with Gasteiger partial charge in [0.1, 0.15) is 0 Å². The van der Waals surface area contributed by atoms with Crippen LogP contribution in [0.4, 0.5) is 0 Å². The van der Waals surface area contributed by atoms with Crippen molar-refractivity contribution in [3.8, 4) is 17.9 Å². The molecule has 0 amide bonds. The maximum absolute atomic E-state index is 8.32. The molecule has 6 heteroatoms. The molecule has 0 heterocycles. The van der Waals surface area contributed by atoms with Crippen molar-refractivity contribution in [2.24, 2.45) is 0 Å². The van der Waals surface area contributed by atoms with Gasteiger partial charge in [0.25, 0.3) is 0 Å². The molecule has 0 aromatic rings. The Kier molecular flexibility index (Phi) is 6.77. The third-order valence-corrected chi connectivity index (χ3v) is 0.962. The van der Waals surface area contributed by atoms with Gasteiger partial charge in [-0.3, -0.25) is 0 Å². The number of hydrogen-bond acceptors (Lipinski definition) is 4. The smallest absolute Gasteiger partial charge is 0.557 e. The van der Waals surface area contributed by atoms with E-state index in [-0.39, 0.29) is 25.5 Å². The second-order valence-corrected chi connectivity index (χ2v) is 1.63. The summed E-state index contributed by atoms with van der Waals surface area (Å²) in [6.45, 7) is 1.83. The zero-order valence-corrected chi connectivity index (χ0v) is 6.53. The van der Waals surface area contributed by atoms with Crippen LogP contribution in [0.3, 0.4) is 0 Å². The van der Waals surface area contributed by atoms with Gasteiger partial charge in [-0.05, 0) is 13.5 Å². The van der Waals surface area contributed by atoms with Crippen LogP contribution in [0.5, 0.6) is 0 Å². The number of rotatable bonds is 2. The van der Waals surface area contributed by atoms with E-state index in [0.717, 1.165) is 0 Å². The molecule has 0 atom stereocenters. The third-order valence-electron chi connectivity index (χ3n) is 0.962. The molecule has 0 fully saturated rings. The summed E-state index contributed by atoms with van der Waals surface area (Å²) in [6.07, 6.45) is -2.53. The maximum Gasteiger partial charge on any atom is 1.00 e. The van der Waals surface area contributed by atoms with Crippen molar-refractivity contribution < 1.29 is 23.5 Å². The molecule has 0 spiro atoms. The summed E-state index contributed by atoms with van der Waals surface area (Å²) in [4.78, 5) is 0. The molecule has 0 aromatic heterocycles. The van der Waals surface area contributed by atoms with Gasteiger partial charge < -0.3 is 4.65 Å². The molecule has 0 N–H and O–H groups in total. The quantitative estimate of drug-likeness (QED) is 0.388. The largest absolute Gasteiger partial charge is 1.00 e. The summed E-state index contributed by atoms with van der Waals surface area (Å²) in [6, 6.07) is 0. The monoisotopic (exact) mass is 141 g/mol. The second-order valence-electron chi connectivity index (χ2n) is 1.63. The zero-order valence-electron chi connectivity index (χ0n) is 6.53. The first-order valence-corrected chi connectivity index (χ1v) is 2.77. The normalized spacial score (nSPS) is 8.18. The summed E-state index contributed by atoms with van der Waals surface area (Å²) in [7, 11) is 0. The minimum Gasteiger partial charge on any atom is -0.557 e. The molecule has 0 bridgehead atoms. The molecule has 0 aromatic carbocycles. The van der Waals surface area contributed by atoms with Gasteiger partial charge in [0.15, 0.2) is 0 Å². The van der Waals surface area contributed by atoms with Gasteiger partial charge in [0.2, 0.25) is 0 Å². The summed E-state index contributed by atoms with van der Waals surface area (Å²) < 4.78 is 4.66. The molecule has 0 aliphatic carbocycles. The zero-order chi connectivity index (χ0) is 8.04. The fourth-order valence-corrected chi connectivity index (χ4v) is 0.448. The Hall–Kier alpha value is -0.908. The summed E-state index contributed by atoms with van der Waals surface area (Å²) in [5.74, 6) is 4.60. The van der Waals surface area contributed by atoms with Crippen LogP contribution in [0.25, 0.3) is 0 Å². The minimum atomic E-state index is -2.53. The van der Waals surface area contributed by atoms with Crippen LogP contribution in [0.2, 0.25) is 0 Å². The maximum atomic E-state index is 8.32. The number of nitriles is 3. The van der Waals surface area contributed by atoms with Crippen molar-refractivity contribution in [1.82, 2.24) is 0 Å². The van der Waals surface area contributed by atoms with Gasteiger partial charge in [-0.25, -0.2) is 15.8 Å². The Morgan fingerprint density at radius 2 is 1.55 bits per heavy atom. The van der Waals surface area contributed by atoms with Gasteiger partial charge in [-0.15, -0.1) is 0 Å². The second kappa shape index (κ2) is 5.85. The topological polar surface area (TPSA) is 80.6 Å². The van der Waals surface area contributed by atoms with Crippen LogP contribution in [0, 0.1) is 33.7 Å². The molecule has 0 saturated heterocycles. The van der Waals surface area contributed by atoms with Crippen molar-refractivity contribution in [1.29, 1.82) is 15.8 Å². The van der Waals surface area contributed by atoms with Crippen LogP contribution in [-0.2, 0) is 4.65 Å². The van der Waals surface area contributed by atoms with Gasteiger partial charge in [0, 0.05) is 0 Å². The molecule has 0 aliphatic rings. The molecule has 11 heavy (non-hydrogen) atoms. The number of hydrogen-bond donors (Lipinski definition) is 0. The predicted molar refractivity (Wildman–Crippen MR) is 34.2 cm³/mol. The Bertz CT molecular complexity index is 200. The standard InChI is InChI=1S/C5H5BN3O.Li/c1-2-10-6(3-7,4-8)5-9;/h2H2,1H3;/q-1;+1. The fourth-order valence-electron chi connectivity index (χ4n) is 0.448. The van der Waals surface area contributed by atoms with Crippen LogP contribution in [0.15, 0.2) is 0 Å². The van der Waals surface area contributed by atoms with Crippen molar-refractivity contribution in [2.45, 2.75) is 6.92 Å². The average molecular weight is 141 g/mol. The van der Waals surface area contributed by atoms with Crippen molar-refractivity contribution in [2.75, 3.05) is 6.61 Å². The van der Waals surface area contributed by atoms with E-state index in [0.29, 0.717) is 0 Å². The summed E-state index contributed by atoms with van der Waals surface area (Å²) in [5.41, 5.74) is 0. The van der Waals surface area contributed by atoms with Crippen LogP contribution in [-0.4, -0.2) is 13.0 Å². The van der Waals surface area contributed by atoms with E-state index in [2.05, 4.69) is 4.65 Å². The van der Waals surface area contributed by atoms with Crippen molar-refractivity contribution in [3.05, 3.63) is 0 Å². The van der Waals surface area contributed by atoms with Crippen LogP contribution < -0.4 is 18.9 Å². The molecule has 0 unspecified atom stereocenters. The molecular formula is C5H5BLiN3O. The summed E-state index contributed by atoms with van der Waals surface area (Å²) >= 11 is 0. The van der Waals surface area contributed by atoms with E-state index in [1.165, 1.54) is 17.9 Å². The minimum absolute atomic E-state index is 0. The SMILES string of the molecule is CCO[B-](C#N)(C#N)C#N.[Li+]. The predicted octanol–water partition coefficient (Wildman–Crippen LogP) is -2.84. The van der Waals surface area contributed by atoms with Gasteiger partial charge in [-0.2, -0.15) is 0 Å². The van der Waals surface area contributed by atoms with Gasteiger partial charge in [-0.1, -0.05) is 17.9 Å². The summed E-state index contributed by atoms with van der Waals surface area (Å²) in [5, 5.41) is 24.9. The van der Waals surface area contributed by atoms with Crippen LogP contribution in [0.1, 0.15) is 6.92 Å². The molecule has 0 radical (unpaired) electrons. The molecule has 0 rings (SSSR count). The molecule has 0 aliphatic heterocycles. The van der Waals surface area contributed by atoms with E-state index in [4.69, 9.17) is 15.8 Å². The molecule has 50 valence electrons. The van der Waals surface area contributed by atoms with E-state index in [1.54, 1.807) is 6.92 Å². The fraction of sp³-hybridized carbons (Fsp3) is 0.400. The molecule has 4 nitrogen and oxygen atoms in total. The van der Waals surface area contributed by atoms with E-state index < -0.39 is 6.35 Å². The Labute approximate surface area is 77.5 Å². The van der Waals surface area contributed by atoms with Crippen LogP contribution >= 0.6 is 0 Å². The molecular weight excluding hydrogens is 136 g/mol. The van der Waals surface area contributed by atoms with Crippen molar-refractivity contribution in [3.63, 3.8) is 0 Å². The van der Waals surface area contributed by atoms with E-state index in [9.17, 15) is 0 Å². The van der Waals surface area contributed by atoms with Gasteiger partial charge in [0.05, 0.1) is 0 Å². The Balaban J connectivity index is 0. The third kappa shape index (κ3) is 3.13. The Morgan fingerprint density at radius 3 is 1.64 bits per heavy atom. The van der Waals surface area contributed by atoms with E-state index >= 15 is 0 Å². The van der Waals surface area contributed by atoms with Gasteiger partial charge >= 0.3 is 25.2 Å². The first-order valence-electron chi connectivity index (χ1n) is 2.77. The first-order chi connectivity index (χ1) is 4.74. The van der Waals surface area contributed by atoms with Crippen molar-refractivity contribution >= 4 is 6.35 Å². The Morgan fingerprint density at radius 1 is 1.18 bits per heavy atom. The average Bonchev–Trinajstić information content (AvgIpc) is 2.01.